The lowest BCUT2D eigenvalue weighted by atomic mass is 9.78. The molecule has 2 N–H and O–H groups in total. The van der Waals surface area contributed by atoms with Gasteiger partial charge in [0, 0.05) is 627 Å². The Morgan fingerprint density at radius 3 is 0.844 bits per heavy atom. The number of hydrogen-bond acceptors (Lipinski definition) is 24. The van der Waals surface area contributed by atoms with Crippen LogP contribution in [0.4, 0.5) is 5.69 Å². The Morgan fingerprint density at radius 2 is 0.610 bits per heavy atom. The van der Waals surface area contributed by atoms with Crippen molar-refractivity contribution in [3.63, 3.8) is 0 Å². The summed E-state index contributed by atoms with van der Waals surface area (Å²) in [7, 11) is 95.2. The van der Waals surface area contributed by atoms with Crippen LogP contribution in [0.1, 0.15) is 115 Å². The van der Waals surface area contributed by atoms with Gasteiger partial charge in [0.25, 0.3) is 5.69 Å². The Kier molecular flexibility index (Phi) is 121. The van der Waals surface area contributed by atoms with Crippen LogP contribution in [0.15, 0.2) is 54.6 Å². The van der Waals surface area contributed by atoms with Gasteiger partial charge in [0.1, 0.15) is 25.3 Å². The average Bonchev–Trinajstić information content (AvgIpc) is 0.785. The highest BCUT2D eigenvalue weighted by molar-refractivity contribution is 8.82. The van der Waals surface area contributed by atoms with E-state index in [1.165, 1.54) is 79.4 Å². The van der Waals surface area contributed by atoms with Crippen molar-refractivity contribution in [3.05, 3.63) is 70.3 Å². The van der Waals surface area contributed by atoms with Crippen molar-refractivity contribution >= 4 is 590 Å². The van der Waals surface area contributed by atoms with Gasteiger partial charge in [-0.05, 0) is 66.5 Å². The van der Waals surface area contributed by atoms with Gasteiger partial charge >= 0.3 is 10.4 Å². The molecule has 83 heteroatoms. The highest BCUT2D eigenvalue weighted by Gasteiger charge is 2.46. The van der Waals surface area contributed by atoms with Crippen molar-refractivity contribution in [2.24, 2.45) is 53.3 Å². The van der Waals surface area contributed by atoms with Gasteiger partial charge in [-0.25, -0.2) is 4.18 Å². The summed E-state index contributed by atoms with van der Waals surface area (Å²) in [5.41, 5.74) is 0.773. The lowest BCUT2D eigenvalue weighted by Crippen LogP contribution is -2.53. The Morgan fingerprint density at radius 1 is 0.383 bits per heavy atom. The van der Waals surface area contributed by atoms with E-state index in [1.807, 2.05) is 85.7 Å². The number of hydrogen-bond donors (Lipinski definition) is 2. The third kappa shape index (κ3) is 87.8. The number of nitriles is 1. The quantitative estimate of drug-likeness (QED) is 0.0687. The van der Waals surface area contributed by atoms with E-state index in [-0.39, 0.29) is 96.8 Å². The number of benzene rings is 2. The topological polar surface area (TPSA) is 243 Å². The van der Waals surface area contributed by atoms with Crippen molar-refractivity contribution in [2.45, 2.75) is 203 Å². The molecule has 8 unspecified atom stereocenters. The van der Waals surface area contributed by atoms with E-state index in [1.54, 1.807) is 463 Å². The summed E-state index contributed by atoms with van der Waals surface area (Å²) in [6, 6.07) is 15.9. The Bertz CT molecular complexity index is 6540. The number of aliphatic hydroxyl groups is 2. The minimum atomic E-state index is -4.50. The number of halogens is 1. The molecule has 4 fully saturated rings. The van der Waals surface area contributed by atoms with Crippen LogP contribution in [-0.2, 0) is 619 Å². The van der Waals surface area contributed by atoms with Gasteiger partial charge in [-0.3, -0.25) is 10.1 Å². The first-order chi connectivity index (χ1) is 67.7. The van der Waals surface area contributed by atoms with Gasteiger partial charge in [-0.15, -0.1) is 0 Å². The first-order valence-corrected chi connectivity index (χ1v) is 121. The SMILES string of the molecule is CC#N.CCC1O[C@H](OC)C(C)[C@@H](C)[C@@H]1C.CCC1O[C@H](OC)C(C)[C@@H](C)[C@@H]1O.CCC1O[C@H](OC)C(C)[C@@H](C)[C@@H]1O.CO[C@H]1OC(COCc2ccccc2)[C@@H](OS(=O)(=O)Oc2ccc([N+](=O)[O-])cc2)[C@H](C)C1C.C[Si](C)(C)Cl.S=S=S=S=S=S=S=S=S=S=S=S=S=S=S=S=S=S=S=S.S=S=S=S=S=S=S=S=S=S=S=S=S=S=S=S=S=S=S=S.S=S=S=S=S=S=S=S=S=S=S=S=S=S=S=S=S=S=S=S=S. The van der Waals surface area contributed by atoms with E-state index in [2.05, 4.69) is 47.3 Å². The van der Waals surface area contributed by atoms with E-state index in [4.69, 9.17) is 134 Å². The van der Waals surface area contributed by atoms with Gasteiger partial charge in [0.15, 0.2) is 25.2 Å². The molecule has 4 aliphatic heterocycles. The molecule has 4 aliphatic rings. The molecule has 0 bridgehead atoms. The number of methoxy groups -OCH3 is 4. The molecule has 0 radical (unpaired) electrons. The van der Waals surface area contributed by atoms with Crippen molar-refractivity contribution in [1.82, 2.24) is 0 Å². The molecule has 19 nitrogen and oxygen atoms in total. The van der Waals surface area contributed by atoms with E-state index < -0.39 is 41.2 Å². The zero-order chi connectivity index (χ0) is 106. The second-order valence-corrected chi connectivity index (χ2v) is 132. The first-order valence-electron chi connectivity index (χ1n) is 37.7. The predicted octanol–water partition coefficient (Wildman–Crippen LogP) is 11.4. The molecule has 0 spiro atoms. The minimum Gasteiger partial charge on any atom is -0.390 e. The molecule has 828 valence electrons. The van der Waals surface area contributed by atoms with Crippen LogP contribution in [-0.4, -0.2) is 134 Å². The fourth-order valence-corrected chi connectivity index (χ4v) is 146. The van der Waals surface area contributed by atoms with Gasteiger partial charge in [-0.1, -0.05) is 133 Å². The van der Waals surface area contributed by atoms with Crippen LogP contribution in [0.5, 0.6) is 5.75 Å². The zero-order valence-electron chi connectivity index (χ0n) is 76.4. The third-order valence-corrected chi connectivity index (χ3v) is 133. The highest BCUT2D eigenvalue weighted by atomic mass is 35.6. The standard InChI is InChI=1S/C22H27NO9S.C11H22O2.2C10H20O3.C3H9ClSi.C2H3N.S21.2S20/c1-15-16(2)22(28-3)30-20(14-29-13-17-7-5-4-6-8-17)21(15)32-33(26,27)31-19-11-9-18(10-12-19)23(24)25;1-6-10-8(3)7(2)9(4)11(12-5)13-10;2*1-5-8-9(11)6(2)7(3)10(12-4)13-8;1-5(2,3)4;1-2-3;1-3-5-7-9-11-13-15-17-19-21-20-18-16-14-12-10-8-6-4-2;2*1-3-5-7-9-11-13-15-17-19-20-18-16-14-12-10-8-6-4-2/h4-12,15-16,20-22H,13-14H2,1-3H3;7-11H,6H2,1-5H3;2*6-11H,5H2,1-4H3;1-3H3;1H3;;;/t15-,16?,20?,21+,22+;7-,8-,9?,10?,11-;2*6-,7?,8?,9+,10+;;;;;/m1011...../s1. The maximum atomic E-state index is 12.6. The summed E-state index contributed by atoms with van der Waals surface area (Å²) >= 11 is 34.2. The smallest absolute Gasteiger partial charge is 0.390 e. The number of ether oxygens (including phenoxy) is 9. The molecule has 2 aromatic carbocycles. The van der Waals surface area contributed by atoms with Crippen molar-refractivity contribution in [3.8, 4) is 11.8 Å². The zero-order valence-corrected chi connectivity index (χ0v) is 129. The molecule has 2 aromatic rings. The lowest BCUT2D eigenvalue weighted by molar-refractivity contribution is -0.384. The number of rotatable bonds is 16. The highest BCUT2D eigenvalue weighted by Crippen LogP contribution is 2.38. The molecular formula is C58H101ClN2O17S62Si. The molecule has 0 aliphatic carbocycles. The summed E-state index contributed by atoms with van der Waals surface area (Å²) in [6.07, 6.45) is -0.258. The lowest BCUT2D eigenvalue weighted by Gasteiger charge is -2.43. The number of nitrogens with zero attached hydrogens (tertiary/aromatic N) is 2. The predicted molar refractivity (Wildman–Crippen MR) is 761 cm³/mol. The van der Waals surface area contributed by atoms with Crippen molar-refractivity contribution in [1.29, 1.82) is 5.26 Å². The van der Waals surface area contributed by atoms with E-state index in [9.17, 15) is 28.7 Å². The Labute approximate surface area is 1020 Å². The maximum absolute atomic E-state index is 12.6. The average molecular weight is 3150 g/mol. The summed E-state index contributed by atoms with van der Waals surface area (Å²) in [5.74, 6) is 2.27. The fourth-order valence-electron chi connectivity index (χ4n) is 10.1. The monoisotopic (exact) mass is 3140 g/mol. The molecule has 20 atom stereocenters. The molecule has 0 saturated carbocycles. The number of nitro benzene ring substituents is 1. The van der Waals surface area contributed by atoms with Crippen LogP contribution >= 0.6 is 11.1 Å². The second-order valence-electron chi connectivity index (χ2n) is 25.9. The van der Waals surface area contributed by atoms with Crippen LogP contribution in [0.2, 0.25) is 19.6 Å². The third-order valence-electron chi connectivity index (χ3n) is 16.9. The molecule has 4 heterocycles. The van der Waals surface area contributed by atoms with E-state index in [0.717, 1.165) is 37.0 Å². The first kappa shape index (κ1) is 156. The van der Waals surface area contributed by atoms with Crippen LogP contribution in [0.3, 0.4) is 0 Å². The van der Waals surface area contributed by atoms with Gasteiger partial charge in [0.05, 0.1) is 54.7 Å². The fraction of sp³-hybridized carbons (Fsp3) is 0.776. The summed E-state index contributed by atoms with van der Waals surface area (Å²) in [6.45, 7) is 33.0. The maximum Gasteiger partial charge on any atom is 0.449 e. The van der Waals surface area contributed by atoms with E-state index in [0.29, 0.717) is 30.5 Å². The molecule has 6 rings (SSSR count). The Hall–Kier alpha value is 10.5. The summed E-state index contributed by atoms with van der Waals surface area (Å²) < 4.78 is 85.6. The van der Waals surface area contributed by atoms with Crippen molar-refractivity contribution in [2.75, 3.05) is 35.0 Å². The van der Waals surface area contributed by atoms with Crippen LogP contribution in [0.25, 0.3) is 0 Å². The normalized spacial score (nSPS) is 22.5. The largest absolute Gasteiger partial charge is 0.449 e. The molecule has 4 saturated heterocycles. The minimum absolute atomic E-state index is 0.00356. The summed E-state index contributed by atoms with van der Waals surface area (Å²) in [4.78, 5) is 10.2. The van der Waals surface area contributed by atoms with Crippen molar-refractivity contribution < 1.29 is 74.6 Å². The van der Waals surface area contributed by atoms with Crippen LogP contribution in [0, 0.1) is 74.7 Å². The van der Waals surface area contributed by atoms with Gasteiger partial charge in [0.2, 0.25) is 0 Å². The van der Waals surface area contributed by atoms with Crippen LogP contribution < -0.4 is 4.18 Å². The number of aliphatic hydroxyl groups excluding tert-OH is 2. The van der Waals surface area contributed by atoms with E-state index >= 15 is 0 Å². The molecule has 141 heavy (non-hydrogen) atoms. The Balaban J connectivity index is -0.00000159. The van der Waals surface area contributed by atoms with Gasteiger partial charge < -0.3 is 57.0 Å². The molecule has 0 amide bonds. The number of non-ortho nitro benzene ring substituents is 1. The number of nitro groups is 1. The summed E-state index contributed by atoms with van der Waals surface area (Å²) in [5, 5.41) is 37.8. The molecule has 0 aromatic heterocycles. The molecular weight excluding hydrogens is 3050 g/mol. The second kappa shape index (κ2) is 109. The van der Waals surface area contributed by atoms with Gasteiger partial charge in [-0.2, -0.15) is 24.8 Å².